The van der Waals surface area contributed by atoms with Gasteiger partial charge in [-0.05, 0) is 24.1 Å². The van der Waals surface area contributed by atoms with E-state index in [0.29, 0.717) is 6.42 Å². The minimum atomic E-state index is -0.320. The van der Waals surface area contributed by atoms with Gasteiger partial charge in [0.1, 0.15) is 5.75 Å². The molecule has 1 aromatic rings. The average Bonchev–Trinajstić information content (AvgIpc) is 2.27. The van der Waals surface area contributed by atoms with Gasteiger partial charge in [-0.15, -0.1) is 0 Å². The molecule has 0 aliphatic rings. The summed E-state index contributed by atoms with van der Waals surface area (Å²) in [6.07, 6.45) is 0.531. The fourth-order valence-corrected chi connectivity index (χ4v) is 1.35. The van der Waals surface area contributed by atoms with Crippen molar-refractivity contribution in [2.75, 3.05) is 13.7 Å². The van der Waals surface area contributed by atoms with Gasteiger partial charge in [0.05, 0.1) is 13.0 Å². The summed E-state index contributed by atoms with van der Waals surface area (Å²) in [5.74, 6) is -0.411. The molecule has 1 unspecified atom stereocenters. The number of carbonyl (C=O) groups excluding carboxylic acids is 1. The number of esters is 1. The number of carbonyl (C=O) groups is 1. The fraction of sp³-hybridized carbons (Fsp3) is 0.364. The first-order valence-electron chi connectivity index (χ1n) is 4.73. The number of hydrogen-bond donors (Lipinski definition) is 2. The van der Waals surface area contributed by atoms with Gasteiger partial charge in [-0.25, -0.2) is 0 Å². The summed E-state index contributed by atoms with van der Waals surface area (Å²) in [6.45, 7) is 0.257. The highest BCUT2D eigenvalue weighted by Gasteiger charge is 2.17. The highest BCUT2D eigenvalue weighted by molar-refractivity contribution is 5.72. The quantitative estimate of drug-likeness (QED) is 0.715. The topological polar surface area (TPSA) is 72.5 Å². The zero-order valence-corrected chi connectivity index (χ0v) is 8.64. The maximum atomic E-state index is 11.3. The SMILES string of the molecule is COC(=O)C(CN)Cc1ccc(O)cc1. The molecule has 0 radical (unpaired) electrons. The number of phenolic OH excluding ortho intramolecular Hbond substituents is 1. The summed E-state index contributed by atoms with van der Waals surface area (Å²) in [5, 5.41) is 9.09. The van der Waals surface area contributed by atoms with Crippen molar-refractivity contribution in [3.05, 3.63) is 29.8 Å². The van der Waals surface area contributed by atoms with Crippen LogP contribution in [0.25, 0.3) is 0 Å². The Morgan fingerprint density at radius 3 is 2.53 bits per heavy atom. The monoisotopic (exact) mass is 209 g/mol. The Balaban J connectivity index is 2.66. The summed E-state index contributed by atoms with van der Waals surface area (Å²) < 4.78 is 4.63. The van der Waals surface area contributed by atoms with Crippen LogP contribution in [0.3, 0.4) is 0 Å². The van der Waals surface area contributed by atoms with E-state index in [9.17, 15) is 4.79 Å². The summed E-state index contributed by atoms with van der Waals surface area (Å²) in [6, 6.07) is 6.70. The molecule has 0 aliphatic heterocycles. The third-order valence-electron chi connectivity index (χ3n) is 2.24. The maximum Gasteiger partial charge on any atom is 0.310 e. The van der Waals surface area contributed by atoms with Crippen molar-refractivity contribution in [2.24, 2.45) is 11.7 Å². The van der Waals surface area contributed by atoms with Crippen molar-refractivity contribution in [3.63, 3.8) is 0 Å². The van der Waals surface area contributed by atoms with E-state index in [1.807, 2.05) is 0 Å². The van der Waals surface area contributed by atoms with Crippen LogP contribution in [-0.4, -0.2) is 24.7 Å². The first kappa shape index (κ1) is 11.5. The molecule has 82 valence electrons. The lowest BCUT2D eigenvalue weighted by molar-refractivity contribution is -0.145. The molecule has 0 aromatic heterocycles. The van der Waals surface area contributed by atoms with E-state index in [0.717, 1.165) is 5.56 Å². The molecule has 1 aromatic carbocycles. The number of rotatable bonds is 4. The molecule has 3 N–H and O–H groups in total. The molecule has 0 saturated heterocycles. The Hall–Kier alpha value is -1.55. The molecule has 0 saturated carbocycles. The molecule has 15 heavy (non-hydrogen) atoms. The van der Waals surface area contributed by atoms with Gasteiger partial charge < -0.3 is 15.6 Å². The van der Waals surface area contributed by atoms with Crippen molar-refractivity contribution in [2.45, 2.75) is 6.42 Å². The molecular formula is C11H15NO3. The minimum Gasteiger partial charge on any atom is -0.508 e. The Morgan fingerprint density at radius 2 is 2.07 bits per heavy atom. The van der Waals surface area contributed by atoms with Crippen molar-refractivity contribution in [1.82, 2.24) is 0 Å². The van der Waals surface area contributed by atoms with Crippen LogP contribution in [0, 0.1) is 5.92 Å². The molecular weight excluding hydrogens is 194 g/mol. The largest absolute Gasteiger partial charge is 0.508 e. The summed E-state index contributed by atoms with van der Waals surface area (Å²) in [4.78, 5) is 11.3. The van der Waals surface area contributed by atoms with Crippen LogP contribution in [0.5, 0.6) is 5.75 Å². The Bertz CT molecular complexity index is 321. The van der Waals surface area contributed by atoms with Gasteiger partial charge in [0.15, 0.2) is 0 Å². The van der Waals surface area contributed by atoms with Gasteiger partial charge in [-0.1, -0.05) is 12.1 Å². The number of hydrogen-bond acceptors (Lipinski definition) is 4. The number of ether oxygens (including phenoxy) is 1. The van der Waals surface area contributed by atoms with Crippen LogP contribution in [-0.2, 0) is 16.0 Å². The van der Waals surface area contributed by atoms with Gasteiger partial charge in [-0.2, -0.15) is 0 Å². The molecule has 0 bridgehead atoms. The second-order valence-corrected chi connectivity index (χ2v) is 3.33. The van der Waals surface area contributed by atoms with Crippen LogP contribution in [0.4, 0.5) is 0 Å². The third-order valence-corrected chi connectivity index (χ3v) is 2.24. The molecule has 0 amide bonds. The maximum absolute atomic E-state index is 11.3. The van der Waals surface area contributed by atoms with Gasteiger partial charge in [-0.3, -0.25) is 4.79 Å². The van der Waals surface area contributed by atoms with E-state index >= 15 is 0 Å². The van der Waals surface area contributed by atoms with E-state index in [4.69, 9.17) is 10.8 Å². The van der Waals surface area contributed by atoms with E-state index in [1.165, 1.54) is 7.11 Å². The number of methoxy groups -OCH3 is 1. The minimum absolute atomic E-state index is 0.209. The second-order valence-electron chi connectivity index (χ2n) is 3.33. The Morgan fingerprint density at radius 1 is 1.47 bits per heavy atom. The molecule has 4 heteroatoms. The molecule has 0 spiro atoms. The van der Waals surface area contributed by atoms with Crippen molar-refractivity contribution in [3.8, 4) is 5.75 Å². The van der Waals surface area contributed by atoms with E-state index < -0.39 is 0 Å². The van der Waals surface area contributed by atoms with Crippen molar-refractivity contribution in [1.29, 1.82) is 0 Å². The predicted octanol–water partition coefficient (Wildman–Crippen LogP) is 0.683. The molecule has 0 aliphatic carbocycles. The predicted molar refractivity (Wildman–Crippen MR) is 56.4 cm³/mol. The molecule has 0 fully saturated rings. The smallest absolute Gasteiger partial charge is 0.310 e. The van der Waals surface area contributed by atoms with Gasteiger partial charge in [0.2, 0.25) is 0 Å². The first-order chi connectivity index (χ1) is 7.17. The third kappa shape index (κ3) is 3.25. The molecule has 4 nitrogen and oxygen atoms in total. The normalized spacial score (nSPS) is 12.1. The van der Waals surface area contributed by atoms with Gasteiger partial charge in [0, 0.05) is 6.54 Å². The number of aromatic hydroxyl groups is 1. The number of phenols is 1. The zero-order chi connectivity index (χ0) is 11.3. The van der Waals surface area contributed by atoms with E-state index in [2.05, 4.69) is 4.74 Å². The lowest BCUT2D eigenvalue weighted by Gasteiger charge is -2.11. The van der Waals surface area contributed by atoms with E-state index in [-0.39, 0.29) is 24.2 Å². The molecule has 1 atom stereocenters. The Kier molecular flexibility index (Phi) is 4.12. The zero-order valence-electron chi connectivity index (χ0n) is 8.64. The van der Waals surface area contributed by atoms with Crippen LogP contribution >= 0.6 is 0 Å². The number of benzene rings is 1. The van der Waals surface area contributed by atoms with Crippen LogP contribution in [0.1, 0.15) is 5.56 Å². The summed E-state index contributed by atoms with van der Waals surface area (Å²) in [7, 11) is 1.35. The van der Waals surface area contributed by atoms with Gasteiger partial charge >= 0.3 is 5.97 Å². The highest BCUT2D eigenvalue weighted by Crippen LogP contribution is 2.13. The van der Waals surface area contributed by atoms with E-state index in [1.54, 1.807) is 24.3 Å². The lowest BCUT2D eigenvalue weighted by Crippen LogP contribution is -2.26. The van der Waals surface area contributed by atoms with Crippen LogP contribution in [0.15, 0.2) is 24.3 Å². The lowest BCUT2D eigenvalue weighted by atomic mass is 9.99. The van der Waals surface area contributed by atoms with Crippen LogP contribution < -0.4 is 5.73 Å². The average molecular weight is 209 g/mol. The van der Waals surface area contributed by atoms with Crippen molar-refractivity contribution < 1.29 is 14.6 Å². The molecule has 0 heterocycles. The summed E-state index contributed by atoms with van der Waals surface area (Å²) >= 11 is 0. The number of nitrogens with two attached hydrogens (primary N) is 1. The first-order valence-corrected chi connectivity index (χ1v) is 4.73. The standard InChI is InChI=1S/C11H15NO3/c1-15-11(14)9(7-12)6-8-2-4-10(13)5-3-8/h2-5,9,13H,6-7,12H2,1H3. The van der Waals surface area contributed by atoms with Crippen LogP contribution in [0.2, 0.25) is 0 Å². The molecule has 1 rings (SSSR count). The summed E-state index contributed by atoms with van der Waals surface area (Å²) in [5.41, 5.74) is 6.43. The highest BCUT2D eigenvalue weighted by atomic mass is 16.5. The second kappa shape index (κ2) is 5.36. The van der Waals surface area contributed by atoms with Crippen molar-refractivity contribution >= 4 is 5.97 Å². The fourth-order valence-electron chi connectivity index (χ4n) is 1.35. The van der Waals surface area contributed by atoms with Gasteiger partial charge in [0.25, 0.3) is 0 Å². The Labute approximate surface area is 88.7 Å².